The van der Waals surface area contributed by atoms with Crippen LogP contribution in [0.4, 0.5) is 0 Å². The van der Waals surface area contributed by atoms with Crippen LogP contribution in [0.25, 0.3) is 0 Å². The Balaban J connectivity index is 1.75. The Kier molecular flexibility index (Phi) is 7.02. The lowest BCUT2D eigenvalue weighted by molar-refractivity contribution is -0.147. The largest absolute Gasteiger partial charge is 0.508 e. The van der Waals surface area contributed by atoms with E-state index < -0.39 is 47.1 Å². The molecule has 36 heavy (non-hydrogen) atoms. The minimum atomic E-state index is -2.52. The van der Waals surface area contributed by atoms with Gasteiger partial charge in [-0.2, -0.15) is 0 Å². The molecule has 0 bridgehead atoms. The minimum absolute atomic E-state index is 0.0176. The van der Waals surface area contributed by atoms with E-state index in [4.69, 9.17) is 5.73 Å². The lowest BCUT2D eigenvalue weighted by Crippen LogP contribution is -2.54. The quantitative estimate of drug-likeness (QED) is 0.353. The zero-order chi connectivity index (χ0) is 26.2. The predicted molar refractivity (Wildman–Crippen MR) is 131 cm³/mol. The molecule has 2 aromatic carbocycles. The number of primary amides is 1. The summed E-state index contributed by atoms with van der Waals surface area (Å²) in [6, 6.07) is 11.4. The summed E-state index contributed by atoms with van der Waals surface area (Å²) >= 11 is 0. The Morgan fingerprint density at radius 3 is 2.42 bits per heavy atom. The van der Waals surface area contributed by atoms with Crippen molar-refractivity contribution in [2.45, 2.75) is 51.0 Å². The summed E-state index contributed by atoms with van der Waals surface area (Å²) in [7, 11) is 0. The summed E-state index contributed by atoms with van der Waals surface area (Å²) < 4.78 is 0. The van der Waals surface area contributed by atoms with Crippen molar-refractivity contribution in [2.24, 2.45) is 17.6 Å². The molecule has 2 aromatic rings. The van der Waals surface area contributed by atoms with Crippen molar-refractivity contribution in [1.29, 1.82) is 0 Å². The normalized spacial score (nSPS) is 23.2. The van der Waals surface area contributed by atoms with E-state index in [2.05, 4.69) is 12.1 Å². The van der Waals surface area contributed by atoms with Crippen LogP contribution in [0.15, 0.2) is 47.7 Å². The first-order chi connectivity index (χ1) is 17.1. The van der Waals surface area contributed by atoms with Crippen molar-refractivity contribution < 1.29 is 34.8 Å². The third-order valence-electron chi connectivity index (χ3n) is 7.54. The summed E-state index contributed by atoms with van der Waals surface area (Å²) in [6.45, 7) is 1.66. The number of aliphatic hydroxyl groups is 3. The van der Waals surface area contributed by atoms with Gasteiger partial charge in [0.2, 0.25) is 5.91 Å². The number of ketones is 2. The van der Waals surface area contributed by atoms with E-state index >= 15 is 0 Å². The van der Waals surface area contributed by atoms with Crippen LogP contribution in [0, 0.1) is 18.8 Å². The van der Waals surface area contributed by atoms with Gasteiger partial charge in [0.15, 0.2) is 17.2 Å². The number of benzene rings is 2. The summed E-state index contributed by atoms with van der Waals surface area (Å²) in [5, 5.41) is 42.6. The van der Waals surface area contributed by atoms with Gasteiger partial charge in [-0.3, -0.25) is 14.4 Å². The fourth-order valence-corrected chi connectivity index (χ4v) is 5.65. The number of amides is 1. The number of aryl methyl sites for hydroxylation is 3. The first kappa shape index (κ1) is 25.6. The number of fused-ring (bicyclic) bond motifs is 2. The van der Waals surface area contributed by atoms with Crippen molar-refractivity contribution >= 4 is 17.5 Å². The lowest BCUT2D eigenvalue weighted by atomic mass is 9.62. The molecule has 3 atom stereocenters. The number of Topliss-reactive ketones (excluding diaryl/α,β-unsaturated/α-hetero) is 2. The fourth-order valence-electron chi connectivity index (χ4n) is 5.65. The van der Waals surface area contributed by atoms with E-state index in [0.29, 0.717) is 18.4 Å². The van der Waals surface area contributed by atoms with Crippen LogP contribution in [0.5, 0.6) is 5.75 Å². The topological polar surface area (TPSA) is 158 Å². The number of hydrogen-bond donors (Lipinski definition) is 5. The fraction of sp³-hybridized carbons (Fsp3) is 0.393. The number of carbonyl (C=O) groups excluding carboxylic acids is 3. The average Bonchev–Trinajstić information content (AvgIpc) is 2.82. The molecule has 0 saturated heterocycles. The molecule has 0 spiro atoms. The van der Waals surface area contributed by atoms with Crippen molar-refractivity contribution in [3.05, 3.63) is 75.5 Å². The number of hydrogen-bond acceptors (Lipinski definition) is 7. The van der Waals surface area contributed by atoms with E-state index in [9.17, 15) is 34.8 Å². The molecule has 0 aliphatic heterocycles. The smallest absolute Gasteiger partial charge is 0.225 e. The molecule has 190 valence electrons. The second-order valence-corrected chi connectivity index (χ2v) is 9.85. The number of aromatic hydroxyl groups is 1. The highest BCUT2D eigenvalue weighted by Gasteiger charge is 2.55. The van der Waals surface area contributed by atoms with Crippen LogP contribution in [0.3, 0.4) is 0 Å². The van der Waals surface area contributed by atoms with Crippen molar-refractivity contribution in [2.75, 3.05) is 6.61 Å². The van der Waals surface area contributed by atoms with E-state index in [0.717, 1.165) is 23.1 Å². The number of phenolic OH excluding ortho intramolecular Hbond substituents is 1. The summed E-state index contributed by atoms with van der Waals surface area (Å²) in [5.41, 5.74) is 6.43. The average molecular weight is 494 g/mol. The molecule has 0 fully saturated rings. The number of rotatable bonds is 8. The highest BCUT2D eigenvalue weighted by Crippen LogP contribution is 2.49. The van der Waals surface area contributed by atoms with E-state index in [1.165, 1.54) is 6.07 Å². The monoisotopic (exact) mass is 493 g/mol. The Hall–Kier alpha value is -3.49. The minimum Gasteiger partial charge on any atom is -0.508 e. The number of nitrogens with two attached hydrogens (primary N) is 1. The maximum absolute atomic E-state index is 13.6. The van der Waals surface area contributed by atoms with Crippen molar-refractivity contribution in [3.8, 4) is 5.75 Å². The molecule has 8 heteroatoms. The SMILES string of the molecule is Cc1ccc(CCc2ccc(O)c3c2C[C@H]2C[C@@H](CCO)[C@@](O)(C(=O)CC(N)=O)C(O)=C2C3=O)cc1. The van der Waals surface area contributed by atoms with Gasteiger partial charge in [-0.05, 0) is 67.7 Å². The third kappa shape index (κ3) is 4.42. The molecule has 2 aliphatic carbocycles. The van der Waals surface area contributed by atoms with E-state index in [-0.39, 0.29) is 36.3 Å². The number of aliphatic hydroxyl groups excluding tert-OH is 2. The van der Waals surface area contributed by atoms with Gasteiger partial charge in [-0.15, -0.1) is 0 Å². The summed E-state index contributed by atoms with van der Waals surface area (Å²) in [4.78, 5) is 37.8. The third-order valence-corrected chi connectivity index (χ3v) is 7.54. The van der Waals surface area contributed by atoms with Gasteiger partial charge in [0.25, 0.3) is 0 Å². The van der Waals surface area contributed by atoms with Gasteiger partial charge >= 0.3 is 0 Å². The molecule has 8 nitrogen and oxygen atoms in total. The van der Waals surface area contributed by atoms with Crippen LogP contribution in [0.2, 0.25) is 0 Å². The van der Waals surface area contributed by atoms with Crippen LogP contribution in [-0.2, 0) is 28.9 Å². The zero-order valence-electron chi connectivity index (χ0n) is 20.2. The maximum Gasteiger partial charge on any atom is 0.225 e. The van der Waals surface area contributed by atoms with Crippen LogP contribution in [0.1, 0.15) is 51.9 Å². The van der Waals surface area contributed by atoms with Gasteiger partial charge in [0.1, 0.15) is 11.5 Å². The molecule has 0 radical (unpaired) electrons. The number of carbonyl (C=O) groups is 3. The van der Waals surface area contributed by atoms with Crippen LogP contribution >= 0.6 is 0 Å². The van der Waals surface area contributed by atoms with Gasteiger partial charge in [0, 0.05) is 18.1 Å². The molecule has 0 heterocycles. The van der Waals surface area contributed by atoms with Gasteiger partial charge in [0.05, 0.1) is 12.0 Å². The van der Waals surface area contributed by atoms with Gasteiger partial charge < -0.3 is 26.2 Å². The van der Waals surface area contributed by atoms with E-state index in [1.54, 1.807) is 6.07 Å². The molecule has 0 unspecified atom stereocenters. The molecular formula is C28H31NO7. The van der Waals surface area contributed by atoms with Crippen molar-refractivity contribution in [1.82, 2.24) is 0 Å². The predicted octanol–water partition coefficient (Wildman–Crippen LogP) is 2.23. The Morgan fingerprint density at radius 1 is 1.08 bits per heavy atom. The van der Waals surface area contributed by atoms with Crippen LogP contribution in [-0.4, -0.2) is 50.1 Å². The number of allylic oxidation sites excluding steroid dienone is 1. The zero-order valence-corrected chi connectivity index (χ0v) is 20.2. The highest BCUT2D eigenvalue weighted by molar-refractivity contribution is 6.15. The van der Waals surface area contributed by atoms with Gasteiger partial charge in [-0.1, -0.05) is 35.9 Å². The molecule has 0 saturated carbocycles. The molecule has 4 rings (SSSR count). The molecule has 6 N–H and O–H groups in total. The second-order valence-electron chi connectivity index (χ2n) is 9.85. The molecule has 0 aromatic heterocycles. The Bertz CT molecular complexity index is 1250. The summed E-state index contributed by atoms with van der Waals surface area (Å²) in [6.07, 6.45) is 0.992. The second kappa shape index (κ2) is 9.87. The van der Waals surface area contributed by atoms with Crippen LogP contribution < -0.4 is 5.73 Å². The molecular weight excluding hydrogens is 462 g/mol. The van der Waals surface area contributed by atoms with E-state index in [1.807, 2.05) is 19.1 Å². The Labute approximate surface area is 209 Å². The highest BCUT2D eigenvalue weighted by atomic mass is 16.3. The lowest BCUT2D eigenvalue weighted by Gasteiger charge is -2.43. The number of phenols is 1. The first-order valence-corrected chi connectivity index (χ1v) is 12.1. The van der Waals surface area contributed by atoms with Gasteiger partial charge in [-0.25, -0.2) is 0 Å². The molecule has 1 amide bonds. The maximum atomic E-state index is 13.6. The summed E-state index contributed by atoms with van der Waals surface area (Å²) in [5.74, 6) is -5.14. The molecule has 2 aliphatic rings. The Morgan fingerprint density at radius 2 is 1.78 bits per heavy atom. The van der Waals surface area contributed by atoms with Crippen molar-refractivity contribution in [3.63, 3.8) is 0 Å². The first-order valence-electron chi connectivity index (χ1n) is 12.1. The standard InChI is InChI=1S/C28H31NO7/c1-15-2-4-16(5-3-15)6-7-17-8-9-21(31)25-20(17)13-18-12-19(10-11-30)28(36,22(32)14-23(29)33)27(35)24(18)26(25)34/h2-5,8-9,18-19,30-31,35-36H,6-7,10-14H2,1H3,(H2,29,33)/t18-,19-,28-/m1/s1.